The first-order valence-electron chi connectivity index (χ1n) is 8.48. The van der Waals surface area contributed by atoms with Gasteiger partial charge in [0.1, 0.15) is 5.82 Å². The first-order valence-corrected chi connectivity index (χ1v) is 9.92. The Morgan fingerprint density at radius 3 is 2.46 bits per heavy atom. The minimum absolute atomic E-state index is 0.106. The molecule has 138 valence electrons. The van der Waals surface area contributed by atoms with Gasteiger partial charge in [0.25, 0.3) is 0 Å². The molecule has 1 atom stereocenters. The maximum atomic E-state index is 14.0. The van der Waals surface area contributed by atoms with Gasteiger partial charge < -0.3 is 4.90 Å². The van der Waals surface area contributed by atoms with E-state index in [0.717, 1.165) is 0 Å². The van der Waals surface area contributed by atoms with Crippen LogP contribution in [0.15, 0.2) is 59.5 Å². The van der Waals surface area contributed by atoms with Crippen LogP contribution in [0.25, 0.3) is 0 Å². The number of hydrogen-bond acceptors (Lipinski definition) is 3. The van der Waals surface area contributed by atoms with E-state index in [1.54, 1.807) is 42.5 Å². The zero-order valence-corrected chi connectivity index (χ0v) is 15.3. The van der Waals surface area contributed by atoms with Gasteiger partial charge in [-0.1, -0.05) is 30.3 Å². The number of hydrogen-bond donors (Lipinski definition) is 0. The summed E-state index contributed by atoms with van der Waals surface area (Å²) in [4.78, 5) is 14.3. The smallest absolute Gasteiger partial charge is 0.243 e. The number of nitrogens with zero attached hydrogens (tertiary/aromatic N) is 2. The second kappa shape index (κ2) is 7.55. The number of carbonyl (C=O) groups is 1. The van der Waals surface area contributed by atoms with Crippen molar-refractivity contribution in [1.82, 2.24) is 4.31 Å². The number of anilines is 1. The summed E-state index contributed by atoms with van der Waals surface area (Å²) >= 11 is 0. The molecule has 1 saturated heterocycles. The first-order chi connectivity index (χ1) is 12.4. The molecule has 1 heterocycles. The molecular formula is C19H21FN2O3S. The third kappa shape index (κ3) is 3.64. The van der Waals surface area contributed by atoms with Crippen molar-refractivity contribution >= 4 is 21.6 Å². The van der Waals surface area contributed by atoms with Crippen molar-refractivity contribution in [2.24, 2.45) is 5.92 Å². The van der Waals surface area contributed by atoms with Gasteiger partial charge in [-0.25, -0.2) is 12.8 Å². The van der Waals surface area contributed by atoms with E-state index in [1.165, 1.54) is 28.4 Å². The number of piperidine rings is 1. The number of amides is 1. The zero-order valence-electron chi connectivity index (χ0n) is 14.5. The third-order valence-electron chi connectivity index (χ3n) is 4.66. The molecule has 0 bridgehead atoms. The molecule has 5 nitrogen and oxygen atoms in total. The van der Waals surface area contributed by atoms with Crippen LogP contribution in [0, 0.1) is 11.7 Å². The Hall–Kier alpha value is -2.25. The highest BCUT2D eigenvalue weighted by atomic mass is 32.2. The molecule has 0 N–H and O–H groups in total. The Labute approximate surface area is 153 Å². The highest BCUT2D eigenvalue weighted by Crippen LogP contribution is 2.27. The van der Waals surface area contributed by atoms with Gasteiger partial charge in [0, 0.05) is 20.1 Å². The lowest BCUT2D eigenvalue weighted by atomic mass is 9.98. The van der Waals surface area contributed by atoms with E-state index in [-0.39, 0.29) is 23.0 Å². The molecule has 2 aromatic rings. The van der Waals surface area contributed by atoms with Crippen molar-refractivity contribution in [3.05, 3.63) is 60.4 Å². The fourth-order valence-electron chi connectivity index (χ4n) is 3.22. The molecule has 3 rings (SSSR count). The molecule has 1 unspecified atom stereocenters. The van der Waals surface area contributed by atoms with Crippen LogP contribution < -0.4 is 4.90 Å². The van der Waals surface area contributed by atoms with Crippen molar-refractivity contribution in [3.63, 3.8) is 0 Å². The molecule has 1 fully saturated rings. The summed E-state index contributed by atoms with van der Waals surface area (Å²) in [5.74, 6) is -1.25. The standard InChI is InChI=1S/C19H21FN2O3S/c1-21(18-12-6-5-11-17(18)20)19(23)15-8-7-13-22(14-15)26(24,25)16-9-3-2-4-10-16/h2-6,9-12,15H,7-8,13-14H2,1H3. The van der Waals surface area contributed by atoms with Crippen molar-refractivity contribution in [1.29, 1.82) is 0 Å². The molecule has 0 aromatic heterocycles. The lowest BCUT2D eigenvalue weighted by Crippen LogP contribution is -2.46. The molecule has 2 aromatic carbocycles. The number of para-hydroxylation sites is 1. The van der Waals surface area contributed by atoms with E-state index in [4.69, 9.17) is 0 Å². The Morgan fingerprint density at radius 2 is 1.77 bits per heavy atom. The Morgan fingerprint density at radius 1 is 1.12 bits per heavy atom. The second-order valence-corrected chi connectivity index (χ2v) is 8.30. The average molecular weight is 376 g/mol. The quantitative estimate of drug-likeness (QED) is 0.824. The van der Waals surface area contributed by atoms with Crippen LogP contribution in [0.3, 0.4) is 0 Å². The molecule has 0 spiro atoms. The number of halogens is 1. The van der Waals surface area contributed by atoms with Crippen LogP contribution in [-0.4, -0.2) is 38.8 Å². The first kappa shape index (κ1) is 18.5. The van der Waals surface area contributed by atoms with Gasteiger partial charge >= 0.3 is 0 Å². The third-order valence-corrected chi connectivity index (χ3v) is 6.54. The van der Waals surface area contributed by atoms with Gasteiger partial charge in [0.05, 0.1) is 16.5 Å². The Balaban J connectivity index is 1.78. The van der Waals surface area contributed by atoms with Gasteiger partial charge in [0.15, 0.2) is 0 Å². The fourth-order valence-corrected chi connectivity index (χ4v) is 4.77. The van der Waals surface area contributed by atoms with Crippen molar-refractivity contribution in [2.75, 3.05) is 25.0 Å². The molecule has 7 heteroatoms. The topological polar surface area (TPSA) is 57.7 Å². The number of carbonyl (C=O) groups excluding carboxylic acids is 1. The molecule has 1 amide bonds. The number of benzene rings is 2. The maximum Gasteiger partial charge on any atom is 0.243 e. The predicted octanol–water partition coefficient (Wildman–Crippen LogP) is 2.89. The Kier molecular flexibility index (Phi) is 5.38. The van der Waals surface area contributed by atoms with E-state index in [0.29, 0.717) is 19.4 Å². The largest absolute Gasteiger partial charge is 0.313 e. The van der Waals surface area contributed by atoms with E-state index >= 15 is 0 Å². The minimum Gasteiger partial charge on any atom is -0.313 e. The summed E-state index contributed by atoms with van der Waals surface area (Å²) in [7, 11) is -2.12. The molecule has 0 aliphatic carbocycles. The summed E-state index contributed by atoms with van der Waals surface area (Å²) in [5.41, 5.74) is 0.195. The molecule has 26 heavy (non-hydrogen) atoms. The lowest BCUT2D eigenvalue weighted by Gasteiger charge is -2.33. The van der Waals surface area contributed by atoms with Crippen LogP contribution in [0.1, 0.15) is 12.8 Å². The minimum atomic E-state index is -3.64. The van der Waals surface area contributed by atoms with Crippen molar-refractivity contribution in [2.45, 2.75) is 17.7 Å². The molecule has 1 aliphatic heterocycles. The second-order valence-electron chi connectivity index (χ2n) is 6.36. The summed E-state index contributed by atoms with van der Waals surface area (Å²) in [6, 6.07) is 14.3. The summed E-state index contributed by atoms with van der Waals surface area (Å²) < 4.78 is 40.9. The van der Waals surface area contributed by atoms with Crippen molar-refractivity contribution in [3.8, 4) is 0 Å². The molecular weight excluding hydrogens is 355 g/mol. The highest BCUT2D eigenvalue weighted by molar-refractivity contribution is 7.89. The van der Waals surface area contributed by atoms with Crippen LogP contribution >= 0.6 is 0 Å². The monoisotopic (exact) mass is 376 g/mol. The van der Waals surface area contributed by atoms with Crippen molar-refractivity contribution < 1.29 is 17.6 Å². The number of sulfonamides is 1. The lowest BCUT2D eigenvalue weighted by molar-refractivity contribution is -0.123. The summed E-state index contributed by atoms with van der Waals surface area (Å²) in [5, 5.41) is 0. The predicted molar refractivity (Wildman–Crippen MR) is 97.7 cm³/mol. The average Bonchev–Trinajstić information content (AvgIpc) is 2.68. The van der Waals surface area contributed by atoms with Gasteiger partial charge in [-0.05, 0) is 37.1 Å². The van der Waals surface area contributed by atoms with E-state index in [1.807, 2.05) is 0 Å². The van der Waals surface area contributed by atoms with E-state index in [9.17, 15) is 17.6 Å². The number of rotatable bonds is 4. The SMILES string of the molecule is CN(C(=O)C1CCCN(S(=O)(=O)c2ccccc2)C1)c1ccccc1F. The van der Waals surface area contributed by atoms with E-state index in [2.05, 4.69) is 0 Å². The van der Waals surface area contributed by atoms with Crippen LogP contribution in [0.4, 0.5) is 10.1 Å². The van der Waals surface area contributed by atoms with Gasteiger partial charge in [-0.3, -0.25) is 4.79 Å². The van der Waals surface area contributed by atoms with E-state index < -0.39 is 21.8 Å². The van der Waals surface area contributed by atoms with Crippen LogP contribution in [0.2, 0.25) is 0 Å². The summed E-state index contributed by atoms with van der Waals surface area (Å²) in [6.45, 7) is 0.485. The molecule has 0 radical (unpaired) electrons. The molecule has 0 saturated carbocycles. The van der Waals surface area contributed by atoms with Gasteiger partial charge in [-0.2, -0.15) is 4.31 Å². The van der Waals surface area contributed by atoms with Crippen LogP contribution in [0.5, 0.6) is 0 Å². The van der Waals surface area contributed by atoms with Crippen LogP contribution in [-0.2, 0) is 14.8 Å². The van der Waals surface area contributed by atoms with Gasteiger partial charge in [0.2, 0.25) is 15.9 Å². The fraction of sp³-hybridized carbons (Fsp3) is 0.316. The maximum absolute atomic E-state index is 14.0. The van der Waals surface area contributed by atoms with Gasteiger partial charge in [-0.15, -0.1) is 0 Å². The summed E-state index contributed by atoms with van der Waals surface area (Å²) in [6.07, 6.45) is 1.17. The molecule has 1 aliphatic rings. The normalized spacial score (nSPS) is 18.5. The zero-order chi connectivity index (χ0) is 18.7. The Bertz CT molecular complexity index is 887. The highest BCUT2D eigenvalue weighted by Gasteiger charge is 2.34.